The van der Waals surface area contributed by atoms with Crippen LogP contribution in [0.1, 0.15) is 20.3 Å². The van der Waals surface area contributed by atoms with E-state index in [1.807, 2.05) is 37.3 Å². The van der Waals surface area contributed by atoms with Gasteiger partial charge in [0.15, 0.2) is 0 Å². The van der Waals surface area contributed by atoms with Gasteiger partial charge in [0.2, 0.25) is 0 Å². The third-order valence-corrected chi connectivity index (χ3v) is 1.97. The molecule has 1 atom stereocenters. The lowest BCUT2D eigenvalue weighted by atomic mass is 10.3. The normalized spacial score (nSPS) is 11.9. The van der Waals surface area contributed by atoms with E-state index in [1.165, 1.54) is 6.92 Å². The maximum atomic E-state index is 10.7. The van der Waals surface area contributed by atoms with Gasteiger partial charge in [0, 0.05) is 6.92 Å². The Labute approximate surface area is 90.0 Å². The van der Waals surface area contributed by atoms with Crippen LogP contribution in [-0.4, -0.2) is 18.7 Å². The topological polar surface area (TPSA) is 35.5 Å². The molecule has 0 aliphatic heterocycles. The van der Waals surface area contributed by atoms with Gasteiger partial charge in [-0.3, -0.25) is 4.79 Å². The summed E-state index contributed by atoms with van der Waals surface area (Å²) in [5, 5.41) is 0. The first kappa shape index (κ1) is 11.6. The minimum absolute atomic E-state index is 0.164. The lowest BCUT2D eigenvalue weighted by molar-refractivity contribution is -0.147. The summed E-state index contributed by atoms with van der Waals surface area (Å²) in [7, 11) is 0. The second-order valence-corrected chi connectivity index (χ2v) is 3.26. The highest BCUT2D eigenvalue weighted by Crippen LogP contribution is 2.10. The maximum absolute atomic E-state index is 10.7. The van der Waals surface area contributed by atoms with Crippen LogP contribution in [0.5, 0.6) is 5.75 Å². The number of esters is 1. The zero-order chi connectivity index (χ0) is 11.1. The minimum Gasteiger partial charge on any atom is -0.490 e. The lowest BCUT2D eigenvalue weighted by Crippen LogP contribution is -2.23. The molecule has 0 radical (unpaired) electrons. The second kappa shape index (κ2) is 6.06. The van der Waals surface area contributed by atoms with E-state index in [4.69, 9.17) is 9.47 Å². The molecule has 82 valence electrons. The van der Waals surface area contributed by atoms with Gasteiger partial charge < -0.3 is 9.47 Å². The van der Waals surface area contributed by atoms with Gasteiger partial charge in [-0.2, -0.15) is 0 Å². The van der Waals surface area contributed by atoms with Crippen molar-refractivity contribution >= 4 is 5.97 Å². The molecule has 3 heteroatoms. The van der Waals surface area contributed by atoms with E-state index < -0.39 is 0 Å². The fourth-order valence-corrected chi connectivity index (χ4v) is 1.18. The fraction of sp³-hybridized carbons (Fsp3) is 0.417. The van der Waals surface area contributed by atoms with Crippen LogP contribution in [0.15, 0.2) is 30.3 Å². The Hall–Kier alpha value is -1.51. The average molecular weight is 208 g/mol. The van der Waals surface area contributed by atoms with Gasteiger partial charge in [0.05, 0.1) is 0 Å². The van der Waals surface area contributed by atoms with Crippen molar-refractivity contribution in [2.75, 3.05) is 6.61 Å². The van der Waals surface area contributed by atoms with E-state index in [-0.39, 0.29) is 12.1 Å². The Morgan fingerprint density at radius 1 is 1.33 bits per heavy atom. The Bertz CT molecular complexity index is 295. The van der Waals surface area contributed by atoms with Crippen LogP contribution >= 0.6 is 0 Å². The lowest BCUT2D eigenvalue weighted by Gasteiger charge is -2.15. The Kier molecular flexibility index (Phi) is 4.68. The summed E-state index contributed by atoms with van der Waals surface area (Å²) in [6.45, 7) is 3.77. The molecule has 0 fully saturated rings. The summed E-state index contributed by atoms with van der Waals surface area (Å²) in [4.78, 5) is 10.7. The molecule has 0 aliphatic rings. The SMILES string of the molecule is CCC(COc1ccccc1)OC(C)=O. The van der Waals surface area contributed by atoms with E-state index in [1.54, 1.807) is 0 Å². The van der Waals surface area contributed by atoms with Crippen LogP contribution in [-0.2, 0) is 9.53 Å². The van der Waals surface area contributed by atoms with Gasteiger partial charge in [-0.05, 0) is 18.6 Å². The van der Waals surface area contributed by atoms with Crippen LogP contribution < -0.4 is 4.74 Å². The third-order valence-electron chi connectivity index (χ3n) is 1.97. The zero-order valence-electron chi connectivity index (χ0n) is 9.10. The smallest absolute Gasteiger partial charge is 0.303 e. The van der Waals surface area contributed by atoms with Crippen LogP contribution in [0.2, 0.25) is 0 Å². The van der Waals surface area contributed by atoms with Crippen molar-refractivity contribution in [1.82, 2.24) is 0 Å². The first-order chi connectivity index (χ1) is 7.22. The molecule has 15 heavy (non-hydrogen) atoms. The molecule has 1 aromatic carbocycles. The molecule has 1 rings (SSSR count). The standard InChI is InChI=1S/C12H16O3/c1-3-11(15-10(2)13)9-14-12-7-5-4-6-8-12/h4-8,11H,3,9H2,1-2H3. The summed E-state index contributed by atoms with van der Waals surface area (Å²) in [6, 6.07) is 9.49. The minimum atomic E-state index is -0.265. The number of carbonyl (C=O) groups is 1. The first-order valence-electron chi connectivity index (χ1n) is 5.07. The van der Waals surface area contributed by atoms with Crippen molar-refractivity contribution in [2.24, 2.45) is 0 Å². The molecule has 0 spiro atoms. The van der Waals surface area contributed by atoms with Gasteiger partial charge in [0.1, 0.15) is 18.5 Å². The summed E-state index contributed by atoms with van der Waals surface area (Å²) in [6.07, 6.45) is 0.592. The van der Waals surface area contributed by atoms with E-state index in [0.29, 0.717) is 6.61 Å². The number of rotatable bonds is 5. The number of hydrogen-bond acceptors (Lipinski definition) is 3. The van der Waals surface area contributed by atoms with Crippen molar-refractivity contribution in [3.05, 3.63) is 30.3 Å². The van der Waals surface area contributed by atoms with Crippen LogP contribution in [0.3, 0.4) is 0 Å². The number of carbonyl (C=O) groups excluding carboxylic acids is 1. The predicted molar refractivity (Wildman–Crippen MR) is 57.8 cm³/mol. The second-order valence-electron chi connectivity index (χ2n) is 3.26. The fourth-order valence-electron chi connectivity index (χ4n) is 1.18. The summed E-state index contributed by atoms with van der Waals surface area (Å²) in [5.74, 6) is 0.529. The highest BCUT2D eigenvalue weighted by Gasteiger charge is 2.09. The molecule has 3 nitrogen and oxygen atoms in total. The summed E-state index contributed by atoms with van der Waals surface area (Å²) >= 11 is 0. The molecule has 1 unspecified atom stereocenters. The van der Waals surface area contributed by atoms with Gasteiger partial charge in [-0.15, -0.1) is 0 Å². The van der Waals surface area contributed by atoms with Crippen molar-refractivity contribution in [1.29, 1.82) is 0 Å². The maximum Gasteiger partial charge on any atom is 0.303 e. The van der Waals surface area contributed by atoms with Gasteiger partial charge in [-0.25, -0.2) is 0 Å². The highest BCUT2D eigenvalue weighted by molar-refractivity contribution is 5.66. The number of hydrogen-bond donors (Lipinski definition) is 0. The molecular formula is C12H16O3. The Morgan fingerprint density at radius 3 is 2.53 bits per heavy atom. The van der Waals surface area contributed by atoms with E-state index in [9.17, 15) is 4.79 Å². The molecule has 0 bridgehead atoms. The third kappa shape index (κ3) is 4.49. The monoisotopic (exact) mass is 208 g/mol. The number of para-hydroxylation sites is 1. The highest BCUT2D eigenvalue weighted by atomic mass is 16.6. The molecule has 0 N–H and O–H groups in total. The first-order valence-corrected chi connectivity index (χ1v) is 5.07. The quantitative estimate of drug-likeness (QED) is 0.697. The Balaban J connectivity index is 2.37. The molecule has 0 heterocycles. The van der Waals surface area contributed by atoms with Crippen molar-refractivity contribution in [2.45, 2.75) is 26.4 Å². The molecule has 0 saturated carbocycles. The van der Waals surface area contributed by atoms with Crippen LogP contribution in [0, 0.1) is 0 Å². The van der Waals surface area contributed by atoms with Crippen molar-refractivity contribution in [3.63, 3.8) is 0 Å². The van der Waals surface area contributed by atoms with Crippen molar-refractivity contribution in [3.8, 4) is 5.75 Å². The predicted octanol–water partition coefficient (Wildman–Crippen LogP) is 2.41. The number of ether oxygens (including phenoxy) is 2. The van der Waals surface area contributed by atoms with Gasteiger partial charge in [-0.1, -0.05) is 25.1 Å². The van der Waals surface area contributed by atoms with Gasteiger partial charge >= 0.3 is 5.97 Å². The average Bonchev–Trinajstić information content (AvgIpc) is 2.25. The molecule has 0 saturated heterocycles. The largest absolute Gasteiger partial charge is 0.490 e. The molecular weight excluding hydrogens is 192 g/mol. The Morgan fingerprint density at radius 2 is 2.00 bits per heavy atom. The summed E-state index contributed by atoms with van der Waals surface area (Å²) in [5.41, 5.74) is 0. The van der Waals surface area contributed by atoms with Crippen molar-refractivity contribution < 1.29 is 14.3 Å². The zero-order valence-corrected chi connectivity index (χ0v) is 9.10. The van der Waals surface area contributed by atoms with E-state index >= 15 is 0 Å². The number of benzene rings is 1. The van der Waals surface area contributed by atoms with Gasteiger partial charge in [0.25, 0.3) is 0 Å². The molecule has 0 aliphatic carbocycles. The molecule has 0 amide bonds. The molecule has 1 aromatic rings. The van der Waals surface area contributed by atoms with Crippen LogP contribution in [0.4, 0.5) is 0 Å². The van der Waals surface area contributed by atoms with E-state index in [0.717, 1.165) is 12.2 Å². The van der Waals surface area contributed by atoms with E-state index in [2.05, 4.69) is 0 Å². The molecule has 0 aromatic heterocycles. The van der Waals surface area contributed by atoms with Crippen LogP contribution in [0.25, 0.3) is 0 Å². The summed E-state index contributed by atoms with van der Waals surface area (Å²) < 4.78 is 10.5.